The summed E-state index contributed by atoms with van der Waals surface area (Å²) in [7, 11) is -3.54. The minimum absolute atomic E-state index is 0.0975. The molecule has 3 heterocycles. The van der Waals surface area contributed by atoms with Crippen molar-refractivity contribution < 1.29 is 17.6 Å². The first-order valence-corrected chi connectivity index (χ1v) is 12.5. The van der Waals surface area contributed by atoms with Gasteiger partial charge < -0.3 is 5.32 Å². The zero-order chi connectivity index (χ0) is 24.3. The van der Waals surface area contributed by atoms with Crippen LogP contribution in [-0.2, 0) is 21.2 Å². The molecule has 4 rings (SSSR count). The molecule has 0 aromatic carbocycles. The molecular formula is C22H24FN7O3S. The summed E-state index contributed by atoms with van der Waals surface area (Å²) < 4.78 is 41.4. The van der Waals surface area contributed by atoms with Gasteiger partial charge in [0.25, 0.3) is 0 Å². The van der Waals surface area contributed by atoms with E-state index in [4.69, 9.17) is 0 Å². The highest BCUT2D eigenvalue weighted by atomic mass is 32.2. The molecular weight excluding hydrogens is 461 g/mol. The van der Waals surface area contributed by atoms with Crippen molar-refractivity contribution in [3.63, 3.8) is 0 Å². The lowest BCUT2D eigenvalue weighted by molar-refractivity contribution is -0.117. The van der Waals surface area contributed by atoms with Crippen molar-refractivity contribution in [1.82, 2.24) is 24.9 Å². The normalized spacial score (nSPS) is 14.4. The zero-order valence-corrected chi connectivity index (χ0v) is 19.5. The summed E-state index contributed by atoms with van der Waals surface area (Å²) in [6.45, 7) is 3.71. The zero-order valence-electron chi connectivity index (χ0n) is 18.7. The van der Waals surface area contributed by atoms with Crippen molar-refractivity contribution in [3.05, 3.63) is 54.1 Å². The lowest BCUT2D eigenvalue weighted by atomic mass is 10.0. The Morgan fingerprint density at radius 3 is 2.65 bits per heavy atom. The van der Waals surface area contributed by atoms with Crippen LogP contribution in [0.2, 0.25) is 0 Å². The molecule has 1 unspecified atom stereocenters. The summed E-state index contributed by atoms with van der Waals surface area (Å²) in [4.78, 5) is 33.6. The number of aromatic nitrogens is 5. The number of hydrogen-bond acceptors (Lipinski definition) is 8. The van der Waals surface area contributed by atoms with Crippen LogP contribution in [0.1, 0.15) is 50.4 Å². The number of hydrogen-bond donors (Lipinski definition) is 2. The molecule has 0 saturated heterocycles. The molecule has 0 bridgehead atoms. The average Bonchev–Trinajstić information content (AvgIpc) is 3.67. The van der Waals surface area contributed by atoms with E-state index >= 15 is 0 Å². The first-order valence-electron chi connectivity index (χ1n) is 10.9. The molecule has 0 radical (unpaired) electrons. The van der Waals surface area contributed by atoms with Gasteiger partial charge in [-0.25, -0.2) is 32.7 Å². The first-order chi connectivity index (χ1) is 16.3. The summed E-state index contributed by atoms with van der Waals surface area (Å²) in [5, 5.41) is 2.06. The van der Waals surface area contributed by atoms with E-state index in [0.29, 0.717) is 42.6 Å². The van der Waals surface area contributed by atoms with E-state index in [0.717, 1.165) is 5.69 Å². The second-order valence-corrected chi connectivity index (χ2v) is 9.87. The minimum atomic E-state index is -3.54. The van der Waals surface area contributed by atoms with Gasteiger partial charge in [-0.3, -0.25) is 14.5 Å². The van der Waals surface area contributed by atoms with Gasteiger partial charge >= 0.3 is 0 Å². The Labute approximate surface area is 196 Å². The molecule has 1 atom stereocenters. The maximum atomic E-state index is 14.8. The van der Waals surface area contributed by atoms with E-state index in [-0.39, 0.29) is 11.8 Å². The number of nitrogens with one attached hydrogen (secondary N) is 2. The van der Waals surface area contributed by atoms with E-state index < -0.39 is 32.9 Å². The predicted molar refractivity (Wildman–Crippen MR) is 124 cm³/mol. The fraction of sp³-hybridized carbons (Fsp3) is 0.364. The van der Waals surface area contributed by atoms with Gasteiger partial charge in [-0.15, -0.1) is 0 Å². The number of halogens is 1. The van der Waals surface area contributed by atoms with Gasteiger partial charge in [0.2, 0.25) is 21.9 Å². The maximum absolute atomic E-state index is 14.8. The number of nitrogens with zero attached hydrogens (tertiary/aromatic N) is 5. The highest BCUT2D eigenvalue weighted by molar-refractivity contribution is 7.93. The molecule has 0 aliphatic heterocycles. The van der Waals surface area contributed by atoms with Gasteiger partial charge in [-0.2, -0.15) is 0 Å². The van der Waals surface area contributed by atoms with Crippen LogP contribution in [-0.4, -0.2) is 44.5 Å². The van der Waals surface area contributed by atoms with Crippen LogP contribution >= 0.6 is 0 Å². The Hall–Kier alpha value is -3.54. The molecule has 2 N–H and O–H groups in total. The molecule has 0 spiro atoms. The predicted octanol–water partition coefficient (Wildman–Crippen LogP) is 3.07. The summed E-state index contributed by atoms with van der Waals surface area (Å²) in [6, 6.07) is 2.76. The Kier molecular flexibility index (Phi) is 6.77. The molecule has 1 aliphatic rings. The fourth-order valence-electron chi connectivity index (χ4n) is 3.32. The van der Waals surface area contributed by atoms with Crippen LogP contribution in [0.15, 0.2) is 36.9 Å². The second-order valence-electron chi connectivity index (χ2n) is 7.91. The lowest BCUT2D eigenvalue weighted by Crippen LogP contribution is -2.24. The van der Waals surface area contributed by atoms with Gasteiger partial charge in [0, 0.05) is 24.2 Å². The number of rotatable bonds is 9. The topological polar surface area (TPSA) is 140 Å². The number of anilines is 2. The molecule has 3 aromatic rings. The van der Waals surface area contributed by atoms with Gasteiger partial charge in [0.1, 0.15) is 0 Å². The fourth-order valence-corrected chi connectivity index (χ4v) is 4.60. The quantitative estimate of drug-likeness (QED) is 0.471. The Bertz CT molecular complexity index is 1320. The number of sulfonamides is 1. The van der Waals surface area contributed by atoms with Gasteiger partial charge in [0.15, 0.2) is 11.6 Å². The SMILES string of the molecule is CCc1cncc(-c2cnc(NC(=O)C(CC)c3ccnc(NS(=O)(=O)C4CC4)n3)c(F)c2)n1. The Morgan fingerprint density at radius 2 is 1.97 bits per heavy atom. The number of carbonyl (C=O) groups is 1. The summed E-state index contributed by atoms with van der Waals surface area (Å²) >= 11 is 0. The monoisotopic (exact) mass is 485 g/mol. The molecule has 12 heteroatoms. The van der Waals surface area contributed by atoms with Crippen LogP contribution in [0.4, 0.5) is 16.2 Å². The molecule has 1 fully saturated rings. The molecule has 1 aliphatic carbocycles. The Balaban J connectivity index is 1.50. The highest BCUT2D eigenvalue weighted by Gasteiger charge is 2.36. The van der Waals surface area contributed by atoms with Gasteiger partial charge in [0.05, 0.1) is 34.4 Å². The van der Waals surface area contributed by atoms with E-state index in [1.54, 1.807) is 13.1 Å². The maximum Gasteiger partial charge on any atom is 0.237 e. The van der Waals surface area contributed by atoms with E-state index in [2.05, 4.69) is 35.0 Å². The van der Waals surface area contributed by atoms with Crippen molar-refractivity contribution in [3.8, 4) is 11.3 Å². The molecule has 178 valence electrons. The highest BCUT2D eigenvalue weighted by Crippen LogP contribution is 2.29. The van der Waals surface area contributed by atoms with Gasteiger partial charge in [-0.1, -0.05) is 13.8 Å². The van der Waals surface area contributed by atoms with E-state index in [1.807, 2.05) is 6.92 Å². The smallest absolute Gasteiger partial charge is 0.237 e. The molecule has 1 amide bonds. The lowest BCUT2D eigenvalue weighted by Gasteiger charge is -2.15. The summed E-state index contributed by atoms with van der Waals surface area (Å²) in [5.74, 6) is -2.33. The standard InChI is InChI=1S/C22H24FN7O3S/c1-3-14-11-24-12-19(27-14)13-9-17(23)20(26-10-13)29-21(31)16(4-2)18-7-8-25-22(28-18)30-34(32,33)15-5-6-15/h7-12,15-16H,3-6H2,1-2H3,(H,25,28,30)(H,26,29,31). The number of carbonyl (C=O) groups excluding carboxylic acids is 1. The van der Waals surface area contributed by atoms with Crippen LogP contribution in [0.25, 0.3) is 11.3 Å². The van der Waals surface area contributed by atoms with Crippen LogP contribution < -0.4 is 10.0 Å². The van der Waals surface area contributed by atoms with E-state index in [9.17, 15) is 17.6 Å². The van der Waals surface area contributed by atoms with Gasteiger partial charge in [-0.05, 0) is 37.8 Å². The number of amides is 1. The van der Waals surface area contributed by atoms with Crippen molar-refractivity contribution in [2.45, 2.75) is 50.7 Å². The average molecular weight is 486 g/mol. The van der Waals surface area contributed by atoms with Crippen LogP contribution in [0, 0.1) is 5.82 Å². The molecule has 1 saturated carbocycles. The third kappa shape index (κ3) is 5.33. The summed E-state index contributed by atoms with van der Waals surface area (Å²) in [6.07, 6.45) is 8.19. The Morgan fingerprint density at radius 1 is 1.18 bits per heavy atom. The minimum Gasteiger partial charge on any atom is -0.308 e. The molecule has 3 aromatic heterocycles. The van der Waals surface area contributed by atoms with E-state index in [1.165, 1.54) is 30.7 Å². The van der Waals surface area contributed by atoms with Crippen molar-refractivity contribution in [2.24, 2.45) is 0 Å². The number of aryl methyl sites for hydroxylation is 1. The molecule has 10 nitrogen and oxygen atoms in total. The second kappa shape index (κ2) is 9.75. The van der Waals surface area contributed by atoms with Crippen LogP contribution in [0.5, 0.6) is 0 Å². The number of pyridine rings is 1. The van der Waals surface area contributed by atoms with Crippen molar-refractivity contribution in [2.75, 3.05) is 10.0 Å². The summed E-state index contributed by atoms with van der Waals surface area (Å²) in [5.41, 5.74) is 2.00. The first kappa shape index (κ1) is 23.6. The largest absolute Gasteiger partial charge is 0.308 e. The molecule has 34 heavy (non-hydrogen) atoms. The third-order valence-electron chi connectivity index (χ3n) is 5.38. The van der Waals surface area contributed by atoms with Crippen LogP contribution in [0.3, 0.4) is 0 Å². The van der Waals surface area contributed by atoms with Crippen molar-refractivity contribution in [1.29, 1.82) is 0 Å². The third-order valence-corrected chi connectivity index (χ3v) is 7.20. The van der Waals surface area contributed by atoms with Crippen molar-refractivity contribution >= 4 is 27.7 Å².